The number of fused-ring (bicyclic) bond motifs is 2. The minimum absolute atomic E-state index is 1.15. The lowest BCUT2D eigenvalue weighted by Crippen LogP contribution is -2.15. The zero-order valence-corrected chi connectivity index (χ0v) is 19.4. The molecule has 2 aliphatic rings. The molecule has 0 heterocycles. The highest BCUT2D eigenvalue weighted by Gasteiger charge is 2.33. The van der Waals surface area contributed by atoms with Gasteiger partial charge < -0.3 is 0 Å². The summed E-state index contributed by atoms with van der Waals surface area (Å²) in [4.78, 5) is 0. The smallest absolute Gasteiger partial charge is 0.000776 e. The van der Waals surface area contributed by atoms with E-state index in [1.54, 1.807) is 65.3 Å². The van der Waals surface area contributed by atoms with Gasteiger partial charge in [-0.25, -0.2) is 0 Å². The van der Waals surface area contributed by atoms with E-state index in [0.717, 1.165) is 12.8 Å². The van der Waals surface area contributed by atoms with Crippen molar-refractivity contribution in [3.8, 4) is 0 Å². The average molecular weight is 389 g/mol. The van der Waals surface area contributed by atoms with Gasteiger partial charge in [-0.2, -0.15) is 0 Å². The lowest BCUT2D eigenvalue weighted by Gasteiger charge is -2.35. The first-order valence-corrected chi connectivity index (χ1v) is 11.4. The lowest BCUT2D eigenvalue weighted by atomic mass is 9.68. The molecule has 148 valence electrons. The lowest BCUT2D eigenvalue weighted by molar-refractivity contribution is 1.08. The summed E-state index contributed by atoms with van der Waals surface area (Å²) in [5.41, 5.74) is 18.6. The first kappa shape index (κ1) is 17.1. The van der Waals surface area contributed by atoms with E-state index in [1.165, 1.54) is 44.5 Å². The fraction of sp³-hybridized carbons (Fsp3) is 0.333. The summed E-state index contributed by atoms with van der Waals surface area (Å²) in [6, 6.07) is 0. The molecule has 5 aromatic rings. The molecule has 30 heavy (non-hydrogen) atoms. The van der Waals surface area contributed by atoms with Crippen molar-refractivity contribution in [3.63, 3.8) is 0 Å². The molecule has 5 aromatic carbocycles. The maximum Gasteiger partial charge on any atom is -0.000776 e. The van der Waals surface area contributed by atoms with E-state index in [1.807, 2.05) is 0 Å². The van der Waals surface area contributed by atoms with Crippen LogP contribution in [0.3, 0.4) is 0 Å². The molecule has 0 amide bonds. The van der Waals surface area contributed by atoms with E-state index in [0.29, 0.717) is 0 Å². The van der Waals surface area contributed by atoms with Gasteiger partial charge in [-0.1, -0.05) is 0 Å². The minimum atomic E-state index is 1.15. The van der Waals surface area contributed by atoms with Gasteiger partial charge in [0.1, 0.15) is 0 Å². The van der Waals surface area contributed by atoms with Crippen molar-refractivity contribution in [2.75, 3.05) is 0 Å². The Balaban J connectivity index is 2.01. The Morgan fingerprint density at radius 3 is 0.733 bits per heavy atom. The molecular weight excluding hydrogens is 360 g/mol. The SMILES string of the molecule is Cc1c2c3c(c(C)c(C)c4c5c(C)c(C)c6c7c(c(C)c(C)c(c(c1C)c34)c75)C6)C2. The number of benzene rings is 5. The number of aryl methyl sites for hydroxylation is 4. The van der Waals surface area contributed by atoms with Crippen LogP contribution in [-0.4, -0.2) is 0 Å². The van der Waals surface area contributed by atoms with Crippen LogP contribution in [0.1, 0.15) is 66.8 Å². The third-order valence-electron chi connectivity index (χ3n) is 9.47. The summed E-state index contributed by atoms with van der Waals surface area (Å²) in [5, 5.41) is 12.5. The topological polar surface area (TPSA) is 0 Å². The quantitative estimate of drug-likeness (QED) is 0.182. The first-order chi connectivity index (χ1) is 14.3. The zero-order valence-electron chi connectivity index (χ0n) is 19.4. The molecule has 7 rings (SSSR count). The molecular formula is C30H28. The van der Waals surface area contributed by atoms with Gasteiger partial charge in [0.05, 0.1) is 0 Å². The maximum atomic E-state index is 2.38. The molecule has 0 aromatic heterocycles. The van der Waals surface area contributed by atoms with Gasteiger partial charge in [0, 0.05) is 0 Å². The minimum Gasteiger partial charge on any atom is -0.0434 e. The van der Waals surface area contributed by atoms with E-state index in [2.05, 4.69) is 55.4 Å². The maximum absolute atomic E-state index is 2.38. The van der Waals surface area contributed by atoms with Crippen molar-refractivity contribution in [2.45, 2.75) is 68.2 Å². The van der Waals surface area contributed by atoms with E-state index in [9.17, 15) is 0 Å². The Bertz CT molecular complexity index is 1450. The van der Waals surface area contributed by atoms with E-state index < -0.39 is 0 Å². The van der Waals surface area contributed by atoms with E-state index in [-0.39, 0.29) is 0 Å². The fourth-order valence-electron chi connectivity index (χ4n) is 7.15. The van der Waals surface area contributed by atoms with Crippen molar-refractivity contribution in [3.05, 3.63) is 66.8 Å². The van der Waals surface area contributed by atoms with Crippen LogP contribution >= 0.6 is 0 Å². The number of hydrogen-bond donors (Lipinski definition) is 0. The van der Waals surface area contributed by atoms with E-state index >= 15 is 0 Å². The van der Waals surface area contributed by atoms with Crippen molar-refractivity contribution in [1.29, 1.82) is 0 Å². The predicted molar refractivity (Wildman–Crippen MR) is 131 cm³/mol. The Morgan fingerprint density at radius 2 is 0.500 bits per heavy atom. The predicted octanol–water partition coefficient (Wildman–Crippen LogP) is 8.01. The molecule has 0 nitrogen and oxygen atoms in total. The summed E-state index contributed by atoms with van der Waals surface area (Å²) in [7, 11) is 0. The molecule has 0 aliphatic heterocycles. The highest BCUT2D eigenvalue weighted by Crippen LogP contribution is 2.55. The molecule has 0 atom stereocenters. The second-order valence-corrected chi connectivity index (χ2v) is 10.3. The van der Waals surface area contributed by atoms with Crippen molar-refractivity contribution in [2.24, 2.45) is 0 Å². The molecule has 0 spiro atoms. The molecule has 0 radical (unpaired) electrons. The molecule has 0 fully saturated rings. The van der Waals surface area contributed by atoms with Crippen LogP contribution < -0.4 is 0 Å². The molecule has 2 aliphatic carbocycles. The van der Waals surface area contributed by atoms with Crippen molar-refractivity contribution in [1.82, 2.24) is 0 Å². The van der Waals surface area contributed by atoms with Crippen molar-refractivity contribution >= 4 is 43.1 Å². The summed E-state index contributed by atoms with van der Waals surface area (Å²) >= 11 is 0. The van der Waals surface area contributed by atoms with Gasteiger partial charge >= 0.3 is 0 Å². The summed E-state index contributed by atoms with van der Waals surface area (Å²) in [5.74, 6) is 0. The van der Waals surface area contributed by atoms with Crippen LogP contribution in [0.15, 0.2) is 0 Å². The third kappa shape index (κ3) is 1.47. The second kappa shape index (κ2) is 4.83. The highest BCUT2D eigenvalue weighted by atomic mass is 14.4. The van der Waals surface area contributed by atoms with Crippen LogP contribution in [0.2, 0.25) is 0 Å². The Hall–Kier alpha value is -2.60. The van der Waals surface area contributed by atoms with Crippen molar-refractivity contribution < 1.29 is 0 Å². The van der Waals surface area contributed by atoms with Gasteiger partial charge in [0.25, 0.3) is 0 Å². The molecule has 0 unspecified atom stereocenters. The first-order valence-electron chi connectivity index (χ1n) is 11.4. The van der Waals surface area contributed by atoms with Crippen LogP contribution in [-0.2, 0) is 12.8 Å². The summed E-state index contributed by atoms with van der Waals surface area (Å²) in [6.45, 7) is 19.0. The normalized spacial score (nSPS) is 14.4. The molecule has 0 saturated carbocycles. The van der Waals surface area contributed by atoms with Gasteiger partial charge in [-0.3, -0.25) is 0 Å². The van der Waals surface area contributed by atoms with Gasteiger partial charge in [0.15, 0.2) is 0 Å². The van der Waals surface area contributed by atoms with Crippen LogP contribution in [0.25, 0.3) is 43.1 Å². The van der Waals surface area contributed by atoms with Crippen LogP contribution in [0.4, 0.5) is 0 Å². The Labute approximate surface area is 178 Å². The molecule has 0 saturated heterocycles. The zero-order chi connectivity index (χ0) is 21.0. The van der Waals surface area contributed by atoms with Gasteiger partial charge in [-0.05, 0) is 178 Å². The fourth-order valence-corrected chi connectivity index (χ4v) is 7.15. The molecule has 0 N–H and O–H groups in total. The largest absolute Gasteiger partial charge is 0.0434 e. The monoisotopic (exact) mass is 388 g/mol. The standard InChI is InChI=1S/C30H28/c1-11-15(5)23-24-16(6)13(3)21-10-22-14(4)18(8)26(30(24)28(21)22)25-17(7)12(2)20-9-19(11)27(20)29(23)25/h9-10H2,1-8H3. The number of rotatable bonds is 0. The Morgan fingerprint density at radius 1 is 0.267 bits per heavy atom. The second-order valence-electron chi connectivity index (χ2n) is 10.3. The van der Waals surface area contributed by atoms with Crippen LogP contribution in [0.5, 0.6) is 0 Å². The number of hydrogen-bond acceptors (Lipinski definition) is 0. The molecule has 0 heteroatoms. The third-order valence-corrected chi connectivity index (χ3v) is 9.47. The van der Waals surface area contributed by atoms with Gasteiger partial charge in [0.2, 0.25) is 0 Å². The molecule has 0 bridgehead atoms. The summed E-state index contributed by atoms with van der Waals surface area (Å²) in [6.07, 6.45) is 2.31. The van der Waals surface area contributed by atoms with Crippen LogP contribution in [0, 0.1) is 55.4 Å². The Kier molecular flexibility index (Phi) is 2.75. The average Bonchev–Trinajstić information content (AvgIpc) is 2.66. The van der Waals surface area contributed by atoms with Gasteiger partial charge in [-0.15, -0.1) is 0 Å². The summed E-state index contributed by atoms with van der Waals surface area (Å²) < 4.78 is 0. The van der Waals surface area contributed by atoms with E-state index in [4.69, 9.17) is 0 Å². The highest BCUT2D eigenvalue weighted by molar-refractivity contribution is 6.38.